The summed E-state index contributed by atoms with van der Waals surface area (Å²) >= 11 is 0. The molecule has 0 aliphatic carbocycles. The van der Waals surface area contributed by atoms with Gasteiger partial charge in [-0.3, -0.25) is 9.80 Å². The van der Waals surface area contributed by atoms with E-state index in [-0.39, 0.29) is 6.10 Å². The molecular weight excluding hydrogens is 218 g/mol. The van der Waals surface area contributed by atoms with Crippen molar-refractivity contribution >= 4 is 0 Å². The highest BCUT2D eigenvalue weighted by atomic mass is 16.5. The molecule has 0 radical (unpaired) electrons. The lowest BCUT2D eigenvalue weighted by atomic mass is 10.2. The maximum Gasteiger partial charge on any atom is 0.0900 e. The molecule has 0 aromatic heterocycles. The summed E-state index contributed by atoms with van der Waals surface area (Å²) in [5, 5.41) is 9.66. The van der Waals surface area contributed by atoms with E-state index in [0.29, 0.717) is 6.61 Å². The van der Waals surface area contributed by atoms with Crippen molar-refractivity contribution in [1.29, 1.82) is 0 Å². The van der Waals surface area contributed by atoms with Crippen LogP contribution in [0.1, 0.15) is 0 Å². The minimum Gasteiger partial charge on any atom is -0.389 e. The molecule has 5 heteroatoms. The minimum absolute atomic E-state index is 0.353. The Hall–Kier alpha value is -0.200. The highest BCUT2D eigenvalue weighted by molar-refractivity contribution is 4.74. The highest BCUT2D eigenvalue weighted by Crippen LogP contribution is 2.02. The average Bonchev–Trinajstić information content (AvgIpc) is 2.28. The van der Waals surface area contributed by atoms with Crippen LogP contribution in [0.3, 0.4) is 0 Å². The van der Waals surface area contributed by atoms with Gasteiger partial charge in [-0.05, 0) is 14.1 Å². The molecule has 1 atom stereocenters. The molecule has 0 amide bonds. The summed E-state index contributed by atoms with van der Waals surface area (Å²) < 4.78 is 4.94. The number of rotatable bonds is 7. The largest absolute Gasteiger partial charge is 0.389 e. The van der Waals surface area contributed by atoms with Gasteiger partial charge in [-0.25, -0.2) is 0 Å². The van der Waals surface area contributed by atoms with Crippen LogP contribution < -0.4 is 0 Å². The van der Waals surface area contributed by atoms with Gasteiger partial charge in [0.15, 0.2) is 0 Å². The Balaban J connectivity index is 2.12. The first kappa shape index (κ1) is 14.9. The van der Waals surface area contributed by atoms with Gasteiger partial charge in [0.1, 0.15) is 0 Å². The molecule has 0 bridgehead atoms. The summed E-state index contributed by atoms with van der Waals surface area (Å²) in [5.41, 5.74) is 0. The predicted octanol–water partition coefficient (Wildman–Crippen LogP) is -0.827. The van der Waals surface area contributed by atoms with Crippen LogP contribution in [0.2, 0.25) is 0 Å². The Labute approximate surface area is 105 Å². The van der Waals surface area contributed by atoms with E-state index in [9.17, 15) is 5.11 Å². The molecule has 0 aromatic rings. The maximum atomic E-state index is 9.66. The van der Waals surface area contributed by atoms with E-state index in [1.807, 2.05) is 0 Å². The number of aliphatic hydroxyl groups excluding tert-OH is 1. The molecule has 5 nitrogen and oxygen atoms in total. The first-order valence-electron chi connectivity index (χ1n) is 6.38. The van der Waals surface area contributed by atoms with Gasteiger partial charge in [0.25, 0.3) is 0 Å². The summed E-state index contributed by atoms with van der Waals surface area (Å²) in [5.74, 6) is 0. The number of aliphatic hydroxyl groups is 1. The number of nitrogens with zero attached hydrogens (tertiary/aromatic N) is 3. The van der Waals surface area contributed by atoms with Crippen LogP contribution in [0.15, 0.2) is 0 Å². The number of β-amino-alcohol motifs (C(OH)–C–C–N with tert-alkyl or cyclic N) is 1. The van der Waals surface area contributed by atoms with Crippen molar-refractivity contribution in [3.63, 3.8) is 0 Å². The zero-order valence-electron chi connectivity index (χ0n) is 11.4. The lowest BCUT2D eigenvalue weighted by Gasteiger charge is -2.35. The van der Waals surface area contributed by atoms with Crippen molar-refractivity contribution in [3.8, 4) is 0 Å². The van der Waals surface area contributed by atoms with Gasteiger partial charge < -0.3 is 14.7 Å². The fraction of sp³-hybridized carbons (Fsp3) is 1.00. The quantitative estimate of drug-likeness (QED) is 0.634. The normalized spacial score (nSPS) is 21.0. The molecule has 1 aliphatic heterocycles. The third-order valence-corrected chi connectivity index (χ3v) is 3.16. The van der Waals surface area contributed by atoms with Crippen LogP contribution in [0.4, 0.5) is 0 Å². The molecule has 1 fully saturated rings. The monoisotopic (exact) mass is 245 g/mol. The van der Waals surface area contributed by atoms with Gasteiger partial charge >= 0.3 is 0 Å². The van der Waals surface area contributed by atoms with E-state index in [1.165, 1.54) is 0 Å². The Morgan fingerprint density at radius 2 is 1.76 bits per heavy atom. The van der Waals surface area contributed by atoms with E-state index >= 15 is 0 Å². The van der Waals surface area contributed by atoms with Crippen molar-refractivity contribution in [2.45, 2.75) is 6.10 Å². The summed E-state index contributed by atoms with van der Waals surface area (Å²) in [6.07, 6.45) is -0.353. The molecule has 17 heavy (non-hydrogen) atoms. The topological polar surface area (TPSA) is 39.2 Å². The fourth-order valence-corrected chi connectivity index (χ4v) is 2.08. The third kappa shape index (κ3) is 6.33. The van der Waals surface area contributed by atoms with Crippen LogP contribution >= 0.6 is 0 Å². The molecular formula is C12H27N3O2. The van der Waals surface area contributed by atoms with Crippen molar-refractivity contribution in [2.75, 3.05) is 73.6 Å². The van der Waals surface area contributed by atoms with Gasteiger partial charge in [-0.15, -0.1) is 0 Å². The van der Waals surface area contributed by atoms with E-state index in [2.05, 4.69) is 28.8 Å². The van der Waals surface area contributed by atoms with Gasteiger partial charge in [0, 0.05) is 52.9 Å². The Morgan fingerprint density at radius 1 is 1.18 bits per heavy atom. The van der Waals surface area contributed by atoms with E-state index < -0.39 is 0 Å². The zero-order valence-corrected chi connectivity index (χ0v) is 11.4. The van der Waals surface area contributed by atoms with Crippen molar-refractivity contribution in [2.24, 2.45) is 0 Å². The van der Waals surface area contributed by atoms with E-state index in [1.54, 1.807) is 7.11 Å². The molecule has 1 saturated heterocycles. The Bertz CT molecular complexity index is 194. The van der Waals surface area contributed by atoms with E-state index in [0.717, 1.165) is 45.8 Å². The van der Waals surface area contributed by atoms with Gasteiger partial charge in [0.05, 0.1) is 12.7 Å². The smallest absolute Gasteiger partial charge is 0.0900 e. The fourth-order valence-electron chi connectivity index (χ4n) is 2.08. The van der Waals surface area contributed by atoms with E-state index in [4.69, 9.17) is 4.74 Å². The van der Waals surface area contributed by atoms with Crippen LogP contribution in [0.25, 0.3) is 0 Å². The second-order valence-electron chi connectivity index (χ2n) is 5.05. The van der Waals surface area contributed by atoms with Crippen LogP contribution in [0.5, 0.6) is 0 Å². The highest BCUT2D eigenvalue weighted by Gasteiger charge is 2.18. The lowest BCUT2D eigenvalue weighted by Crippen LogP contribution is -2.50. The molecule has 1 unspecified atom stereocenters. The second-order valence-corrected chi connectivity index (χ2v) is 5.05. The average molecular weight is 245 g/mol. The molecule has 102 valence electrons. The molecule has 1 N–H and O–H groups in total. The predicted molar refractivity (Wildman–Crippen MR) is 69.3 cm³/mol. The van der Waals surface area contributed by atoms with Crippen molar-refractivity contribution in [3.05, 3.63) is 0 Å². The van der Waals surface area contributed by atoms with Crippen LogP contribution in [-0.4, -0.2) is 99.5 Å². The Morgan fingerprint density at radius 3 is 2.29 bits per heavy atom. The minimum atomic E-state index is -0.353. The van der Waals surface area contributed by atoms with Gasteiger partial charge in [0.2, 0.25) is 0 Å². The van der Waals surface area contributed by atoms with Crippen LogP contribution in [-0.2, 0) is 4.74 Å². The summed E-state index contributed by atoms with van der Waals surface area (Å²) in [7, 11) is 5.84. The first-order valence-corrected chi connectivity index (χ1v) is 6.38. The molecule has 0 aromatic carbocycles. The molecule has 1 heterocycles. The molecule has 1 rings (SSSR count). The first-order chi connectivity index (χ1) is 8.11. The standard InChI is InChI=1S/C12H27N3O2/c1-13(2)4-5-14-6-8-15(9-7-14)10-12(16)11-17-3/h12,16H,4-11H2,1-3H3. The number of likely N-dealkylation sites (N-methyl/N-ethyl adjacent to an activating group) is 1. The lowest BCUT2D eigenvalue weighted by molar-refractivity contribution is 0.0234. The van der Waals surface area contributed by atoms with Crippen molar-refractivity contribution in [1.82, 2.24) is 14.7 Å². The second kappa shape index (κ2) is 8.00. The molecule has 1 aliphatic rings. The van der Waals surface area contributed by atoms with Gasteiger partial charge in [-0.2, -0.15) is 0 Å². The van der Waals surface area contributed by atoms with Crippen molar-refractivity contribution < 1.29 is 9.84 Å². The number of methoxy groups -OCH3 is 1. The number of piperazine rings is 1. The van der Waals surface area contributed by atoms with Crippen LogP contribution in [0, 0.1) is 0 Å². The SMILES string of the molecule is COCC(O)CN1CCN(CCN(C)C)CC1. The summed E-state index contributed by atoms with van der Waals surface area (Å²) in [6.45, 7) is 7.73. The summed E-state index contributed by atoms with van der Waals surface area (Å²) in [4.78, 5) is 7.02. The van der Waals surface area contributed by atoms with Gasteiger partial charge in [-0.1, -0.05) is 0 Å². The molecule has 0 saturated carbocycles. The summed E-state index contributed by atoms with van der Waals surface area (Å²) in [6, 6.07) is 0. The number of hydrogen-bond acceptors (Lipinski definition) is 5. The number of ether oxygens (including phenoxy) is 1. The zero-order chi connectivity index (χ0) is 12.7. The maximum absolute atomic E-state index is 9.66. The number of hydrogen-bond donors (Lipinski definition) is 1. The third-order valence-electron chi connectivity index (χ3n) is 3.16. The molecule has 0 spiro atoms. The Kier molecular flexibility index (Phi) is 6.99.